The van der Waals surface area contributed by atoms with Gasteiger partial charge < -0.3 is 13.9 Å². The van der Waals surface area contributed by atoms with Gasteiger partial charge in [-0.05, 0) is 26.0 Å². The van der Waals surface area contributed by atoms with Gasteiger partial charge in [-0.1, -0.05) is 6.08 Å². The van der Waals surface area contributed by atoms with Crippen LogP contribution in [0.4, 0.5) is 0 Å². The Morgan fingerprint density at radius 2 is 2.44 bits per heavy atom. The van der Waals surface area contributed by atoms with Crippen molar-refractivity contribution in [1.29, 1.82) is 0 Å². The minimum Gasteiger partial charge on any atom is -0.466 e. The van der Waals surface area contributed by atoms with Crippen LogP contribution >= 0.6 is 0 Å². The van der Waals surface area contributed by atoms with Crippen molar-refractivity contribution in [2.24, 2.45) is 0 Å². The molecule has 1 aromatic rings. The summed E-state index contributed by atoms with van der Waals surface area (Å²) in [5.41, 5.74) is 0. The van der Waals surface area contributed by atoms with Crippen LogP contribution in [0.1, 0.15) is 25.7 Å². The fraction of sp³-hybridized carbons (Fsp3) is 0.417. The van der Waals surface area contributed by atoms with Crippen LogP contribution in [-0.2, 0) is 14.3 Å². The lowest BCUT2D eigenvalue weighted by Gasteiger charge is -2.16. The van der Waals surface area contributed by atoms with Crippen molar-refractivity contribution in [3.63, 3.8) is 0 Å². The van der Waals surface area contributed by atoms with Gasteiger partial charge in [0, 0.05) is 0 Å². The van der Waals surface area contributed by atoms with Crippen molar-refractivity contribution in [2.75, 3.05) is 6.61 Å². The molecule has 0 bridgehead atoms. The number of esters is 1. The number of hydrogen-bond acceptors (Lipinski definition) is 4. The number of carbonyl (C=O) groups excluding carboxylic acids is 1. The maximum absolute atomic E-state index is 11.4. The average molecular weight is 224 g/mol. The molecule has 0 fully saturated rings. The summed E-state index contributed by atoms with van der Waals surface area (Å²) in [4.78, 5) is 11.4. The molecule has 0 aliphatic carbocycles. The predicted octanol–water partition coefficient (Wildman–Crippen LogP) is 2.47. The summed E-state index contributed by atoms with van der Waals surface area (Å²) in [7, 11) is 0. The second-order valence-electron chi connectivity index (χ2n) is 3.20. The Bertz CT molecular complexity index is 329. The topological polar surface area (TPSA) is 48.7 Å². The van der Waals surface area contributed by atoms with Crippen LogP contribution < -0.4 is 0 Å². The monoisotopic (exact) mass is 224 g/mol. The SMILES string of the molecule is C=C[C@H](O[C@@H](C)C(=O)OCC)c1ccco1. The maximum Gasteiger partial charge on any atom is 0.334 e. The van der Waals surface area contributed by atoms with Gasteiger partial charge in [0.25, 0.3) is 0 Å². The highest BCUT2D eigenvalue weighted by molar-refractivity contribution is 5.74. The van der Waals surface area contributed by atoms with Gasteiger partial charge in [-0.25, -0.2) is 4.79 Å². The summed E-state index contributed by atoms with van der Waals surface area (Å²) >= 11 is 0. The molecule has 0 aromatic carbocycles. The predicted molar refractivity (Wildman–Crippen MR) is 58.8 cm³/mol. The van der Waals surface area contributed by atoms with Crippen LogP contribution in [0.5, 0.6) is 0 Å². The Labute approximate surface area is 94.8 Å². The highest BCUT2D eigenvalue weighted by Gasteiger charge is 2.20. The largest absolute Gasteiger partial charge is 0.466 e. The fourth-order valence-electron chi connectivity index (χ4n) is 1.23. The van der Waals surface area contributed by atoms with E-state index < -0.39 is 12.2 Å². The molecular weight excluding hydrogens is 208 g/mol. The van der Waals surface area contributed by atoms with Crippen molar-refractivity contribution < 1.29 is 18.7 Å². The van der Waals surface area contributed by atoms with E-state index in [0.717, 1.165) is 0 Å². The lowest BCUT2D eigenvalue weighted by Crippen LogP contribution is -2.24. The first-order chi connectivity index (χ1) is 7.69. The number of ether oxygens (including phenoxy) is 2. The fourth-order valence-corrected chi connectivity index (χ4v) is 1.23. The van der Waals surface area contributed by atoms with Crippen LogP contribution in [0.15, 0.2) is 35.5 Å². The van der Waals surface area contributed by atoms with Gasteiger partial charge in [0.2, 0.25) is 0 Å². The third kappa shape index (κ3) is 3.24. The molecule has 0 unspecified atom stereocenters. The molecule has 88 valence electrons. The smallest absolute Gasteiger partial charge is 0.334 e. The summed E-state index contributed by atoms with van der Waals surface area (Å²) in [6, 6.07) is 3.52. The summed E-state index contributed by atoms with van der Waals surface area (Å²) in [6.45, 7) is 7.37. The average Bonchev–Trinajstić information content (AvgIpc) is 2.79. The van der Waals surface area contributed by atoms with Gasteiger partial charge in [-0.2, -0.15) is 0 Å². The number of carbonyl (C=O) groups is 1. The Hall–Kier alpha value is -1.55. The molecule has 0 saturated heterocycles. The van der Waals surface area contributed by atoms with Crippen LogP contribution in [0.2, 0.25) is 0 Å². The molecule has 0 aliphatic rings. The van der Waals surface area contributed by atoms with Crippen LogP contribution in [-0.4, -0.2) is 18.7 Å². The Kier molecular flexibility index (Phi) is 4.79. The van der Waals surface area contributed by atoms with Crippen LogP contribution in [0, 0.1) is 0 Å². The molecule has 0 aliphatic heterocycles. The maximum atomic E-state index is 11.4. The Morgan fingerprint density at radius 3 is 2.94 bits per heavy atom. The molecule has 1 rings (SSSR count). The zero-order valence-corrected chi connectivity index (χ0v) is 9.51. The molecule has 0 spiro atoms. The van der Waals surface area contributed by atoms with Gasteiger partial charge >= 0.3 is 5.97 Å². The summed E-state index contributed by atoms with van der Waals surface area (Å²) in [5, 5.41) is 0. The second-order valence-corrected chi connectivity index (χ2v) is 3.20. The highest BCUT2D eigenvalue weighted by atomic mass is 16.6. The van der Waals surface area contributed by atoms with Gasteiger partial charge in [-0.15, -0.1) is 6.58 Å². The standard InChI is InChI=1S/C12H16O4/c1-4-10(11-7-6-8-15-11)16-9(3)12(13)14-5-2/h4,6-10H,1,5H2,2-3H3/t9-,10-/m0/s1. The normalized spacial score (nSPS) is 14.1. The third-order valence-corrected chi connectivity index (χ3v) is 2.01. The number of hydrogen-bond donors (Lipinski definition) is 0. The second kappa shape index (κ2) is 6.12. The lowest BCUT2D eigenvalue weighted by atomic mass is 10.2. The summed E-state index contributed by atoms with van der Waals surface area (Å²) in [6.07, 6.45) is 2.04. The Morgan fingerprint density at radius 1 is 1.69 bits per heavy atom. The van der Waals surface area contributed by atoms with Crippen molar-refractivity contribution in [1.82, 2.24) is 0 Å². The third-order valence-electron chi connectivity index (χ3n) is 2.01. The quantitative estimate of drug-likeness (QED) is 0.550. The molecule has 4 nitrogen and oxygen atoms in total. The molecule has 0 N–H and O–H groups in total. The minimum atomic E-state index is -0.645. The van der Waals surface area contributed by atoms with E-state index in [1.165, 1.54) is 0 Å². The van der Waals surface area contributed by atoms with Crippen LogP contribution in [0.25, 0.3) is 0 Å². The molecule has 1 aromatic heterocycles. The van der Waals surface area contributed by atoms with E-state index in [9.17, 15) is 4.79 Å². The molecule has 2 atom stereocenters. The van der Waals surface area contributed by atoms with Crippen LogP contribution in [0.3, 0.4) is 0 Å². The first-order valence-corrected chi connectivity index (χ1v) is 5.17. The Balaban J connectivity index is 2.57. The van der Waals surface area contributed by atoms with E-state index in [1.807, 2.05) is 0 Å². The zero-order valence-electron chi connectivity index (χ0n) is 9.51. The van der Waals surface area contributed by atoms with E-state index in [2.05, 4.69) is 6.58 Å². The number of furan rings is 1. The van der Waals surface area contributed by atoms with E-state index in [1.54, 1.807) is 38.3 Å². The van der Waals surface area contributed by atoms with E-state index in [0.29, 0.717) is 12.4 Å². The first-order valence-electron chi connectivity index (χ1n) is 5.17. The van der Waals surface area contributed by atoms with Gasteiger partial charge in [0.05, 0.1) is 12.9 Å². The molecule has 4 heteroatoms. The van der Waals surface area contributed by atoms with Crippen molar-refractivity contribution >= 4 is 5.97 Å². The van der Waals surface area contributed by atoms with Gasteiger partial charge in [0.15, 0.2) is 6.10 Å². The summed E-state index contributed by atoms with van der Waals surface area (Å²) < 4.78 is 15.5. The molecular formula is C12H16O4. The van der Waals surface area contributed by atoms with Crippen molar-refractivity contribution in [2.45, 2.75) is 26.1 Å². The van der Waals surface area contributed by atoms with E-state index >= 15 is 0 Å². The first kappa shape index (κ1) is 12.5. The minimum absolute atomic E-state index is 0.339. The van der Waals surface area contributed by atoms with Crippen molar-refractivity contribution in [3.05, 3.63) is 36.8 Å². The molecule has 16 heavy (non-hydrogen) atoms. The molecule has 0 saturated carbocycles. The van der Waals surface area contributed by atoms with E-state index in [-0.39, 0.29) is 5.97 Å². The lowest BCUT2D eigenvalue weighted by molar-refractivity contribution is -0.158. The highest BCUT2D eigenvalue weighted by Crippen LogP contribution is 2.20. The summed E-state index contributed by atoms with van der Waals surface area (Å²) in [5.74, 6) is 0.229. The number of rotatable bonds is 6. The molecule has 0 amide bonds. The van der Waals surface area contributed by atoms with Gasteiger partial charge in [-0.3, -0.25) is 0 Å². The molecule has 0 radical (unpaired) electrons. The molecule has 1 heterocycles. The van der Waals surface area contributed by atoms with Gasteiger partial charge in [0.1, 0.15) is 11.9 Å². The van der Waals surface area contributed by atoms with E-state index in [4.69, 9.17) is 13.9 Å². The van der Waals surface area contributed by atoms with Crippen molar-refractivity contribution in [3.8, 4) is 0 Å². The zero-order chi connectivity index (χ0) is 12.0.